The third kappa shape index (κ3) is 26.0. The molecule has 4 fully saturated rings. The van der Waals surface area contributed by atoms with E-state index in [-0.39, 0.29) is 80.3 Å². The minimum atomic E-state index is -0.990. The number of carbonyl (C=O) groups is 6. The molecule has 0 amide bonds. The van der Waals surface area contributed by atoms with Gasteiger partial charge in [-0.15, -0.1) is 0 Å². The average Bonchev–Trinajstić information content (AvgIpc) is 1.53. The first-order valence-electron chi connectivity index (χ1n) is 35.9. The van der Waals surface area contributed by atoms with Crippen LogP contribution in [0, 0.1) is 60.2 Å². The maximum absolute atomic E-state index is 13.4. The molecule has 0 bridgehead atoms. The second kappa shape index (κ2) is 41.1. The van der Waals surface area contributed by atoms with Gasteiger partial charge in [-0.25, -0.2) is 4.79 Å². The summed E-state index contributed by atoms with van der Waals surface area (Å²) in [7, 11) is 0. The molecule has 88 heavy (non-hydrogen) atoms. The topological polar surface area (TPSA) is 158 Å². The molecule has 5 rings (SSSR count). The molecule has 498 valence electrons. The first-order valence-corrected chi connectivity index (χ1v) is 35.9. The van der Waals surface area contributed by atoms with E-state index in [0.29, 0.717) is 59.2 Å². The first kappa shape index (κ1) is 74.2. The molecule has 9 atom stereocenters. The fourth-order valence-electron chi connectivity index (χ4n) is 15.9. The van der Waals surface area contributed by atoms with Gasteiger partial charge in [-0.05, 0) is 212 Å². The Morgan fingerprint density at radius 1 is 0.545 bits per heavy atom. The van der Waals surface area contributed by atoms with Crippen molar-refractivity contribution in [1.82, 2.24) is 0 Å². The van der Waals surface area contributed by atoms with Gasteiger partial charge in [0.1, 0.15) is 37.5 Å². The second-order valence-electron chi connectivity index (χ2n) is 28.2. The van der Waals surface area contributed by atoms with Gasteiger partial charge in [0.05, 0.1) is 0 Å². The van der Waals surface area contributed by atoms with Crippen molar-refractivity contribution >= 4 is 35.8 Å². The lowest BCUT2D eigenvalue weighted by Crippen LogP contribution is -2.54. The summed E-state index contributed by atoms with van der Waals surface area (Å²) in [5, 5.41) is 0. The molecular weight excluding hydrogens is 1100 g/mol. The van der Waals surface area contributed by atoms with E-state index in [1.165, 1.54) is 96.3 Å². The van der Waals surface area contributed by atoms with Crippen LogP contribution in [0.25, 0.3) is 0 Å². The number of ether oxygens (including phenoxy) is 6. The number of benzene rings is 1. The summed E-state index contributed by atoms with van der Waals surface area (Å²) >= 11 is 0. The number of hydrogen-bond donors (Lipinski definition) is 0. The van der Waals surface area contributed by atoms with E-state index in [9.17, 15) is 28.8 Å². The van der Waals surface area contributed by atoms with Gasteiger partial charge in [0.25, 0.3) is 0 Å². The lowest BCUT2D eigenvalue weighted by Gasteiger charge is -2.61. The van der Waals surface area contributed by atoms with Crippen molar-refractivity contribution in [2.75, 3.05) is 13.2 Å². The summed E-state index contributed by atoms with van der Waals surface area (Å²) < 4.78 is 34.5. The summed E-state index contributed by atoms with van der Waals surface area (Å²) in [6.07, 6.45) is 47.6. The molecule has 4 saturated carbocycles. The highest BCUT2D eigenvalue weighted by atomic mass is 16.7. The number of Topliss-reactive ketones (excluding diaryl/α,β-unsaturated/α-hetero) is 1. The van der Waals surface area contributed by atoms with Crippen LogP contribution in [0.5, 0.6) is 5.75 Å². The highest BCUT2D eigenvalue weighted by Crippen LogP contribution is 2.67. The summed E-state index contributed by atoms with van der Waals surface area (Å²) in [5.41, 5.74) is 2.52. The molecule has 1 aromatic rings. The molecule has 12 nitrogen and oxygen atoms in total. The number of hydrogen-bond acceptors (Lipinski definition) is 12. The zero-order valence-electron chi connectivity index (χ0n) is 56.7. The van der Waals surface area contributed by atoms with Crippen LogP contribution in [-0.4, -0.2) is 61.2 Å². The third-order valence-corrected chi connectivity index (χ3v) is 20.9. The third-order valence-electron chi connectivity index (χ3n) is 20.9. The van der Waals surface area contributed by atoms with E-state index in [2.05, 4.69) is 52.0 Å². The number of allylic oxidation sites excluding steroid dienone is 4. The van der Waals surface area contributed by atoms with Crippen LogP contribution < -0.4 is 4.74 Å². The maximum atomic E-state index is 13.4. The van der Waals surface area contributed by atoms with Gasteiger partial charge in [-0.2, -0.15) is 0 Å². The molecular formula is C76H122O12. The SMILES string of the molecule is CCCCCCCC/C=C\CCCCCCCC(=O)OCC(COC(=O)CCCCCCC/C=C\CCCCCCCC)OC(=O)CC(C)CC(=O)Oc1c(C)cc(COC(=O)O[C@H]2CC[C@@]3(C)[C@@H](CC[C@@H]4[C@@H]3CC[C@]3(C)[C@@H](C(C)=O)CC[C@@H]43)C2)cc1C. The maximum Gasteiger partial charge on any atom is 0.508 e. The molecule has 0 N–H and O–H groups in total. The van der Waals surface area contributed by atoms with Gasteiger partial charge in [0.2, 0.25) is 0 Å². The van der Waals surface area contributed by atoms with Crippen molar-refractivity contribution in [1.29, 1.82) is 0 Å². The lowest BCUT2D eigenvalue weighted by atomic mass is 9.44. The van der Waals surface area contributed by atoms with Gasteiger partial charge < -0.3 is 28.4 Å². The Morgan fingerprint density at radius 2 is 1.02 bits per heavy atom. The smallest absolute Gasteiger partial charge is 0.462 e. The van der Waals surface area contributed by atoms with E-state index in [1.807, 2.05) is 26.0 Å². The zero-order chi connectivity index (χ0) is 63.6. The summed E-state index contributed by atoms with van der Waals surface area (Å²) in [5.74, 6) is 1.14. The lowest BCUT2D eigenvalue weighted by molar-refractivity contribution is -0.167. The minimum absolute atomic E-state index is 0.0159. The molecule has 4 aliphatic rings. The fraction of sp³-hybridized carbons (Fsp3) is 0.789. The predicted octanol–water partition coefficient (Wildman–Crippen LogP) is 20.0. The standard InChI is InChI=1S/C76H122O12/c1-9-11-13-15-17-19-21-23-25-27-29-31-33-35-37-39-69(78)83-55-64(56-84-70(79)40-38-36-34-32-30-28-26-24-22-20-18-16-14-12-10-2)86-71(80)49-57(3)50-72(81)88-73-58(4)51-61(52-59(73)5)54-85-74(82)87-63-45-47-75(7)62(53-63)41-42-65-67-44-43-66(60(6)77)76(67,8)48-46-68(65)75/h23-26,51-52,57,62-68H,9-22,27-50,53-56H2,1-8H3/b25-23-,26-24-/t57?,62-,63-,65-,66+,67-,68-,75-,76+/m0/s1. The highest BCUT2D eigenvalue weighted by molar-refractivity contribution is 5.79. The molecule has 4 aliphatic carbocycles. The van der Waals surface area contributed by atoms with Crippen LogP contribution in [0.2, 0.25) is 0 Å². The number of carbonyl (C=O) groups excluding carboxylic acids is 6. The summed E-state index contributed by atoms with van der Waals surface area (Å²) in [6.45, 7) is 16.2. The van der Waals surface area contributed by atoms with Crippen LogP contribution >= 0.6 is 0 Å². The molecule has 0 spiro atoms. The minimum Gasteiger partial charge on any atom is -0.462 e. The van der Waals surface area contributed by atoms with Gasteiger partial charge in [-0.3, -0.25) is 24.0 Å². The Balaban J connectivity index is 1.00. The van der Waals surface area contributed by atoms with Crippen molar-refractivity contribution < 1.29 is 57.2 Å². The molecule has 1 unspecified atom stereocenters. The van der Waals surface area contributed by atoms with E-state index in [4.69, 9.17) is 28.4 Å². The van der Waals surface area contributed by atoms with Crippen LogP contribution in [0.4, 0.5) is 4.79 Å². The Labute approximate surface area is 533 Å². The van der Waals surface area contributed by atoms with Gasteiger partial charge in [0, 0.05) is 31.6 Å². The van der Waals surface area contributed by atoms with Gasteiger partial charge in [-0.1, -0.05) is 162 Å². The van der Waals surface area contributed by atoms with Crippen LogP contribution in [0.3, 0.4) is 0 Å². The van der Waals surface area contributed by atoms with Crippen molar-refractivity contribution in [3.8, 4) is 5.75 Å². The average molecular weight is 1230 g/mol. The first-order chi connectivity index (χ1) is 42.5. The van der Waals surface area contributed by atoms with Crippen LogP contribution in [0.15, 0.2) is 36.4 Å². The molecule has 0 aliphatic heterocycles. The Hall–Kier alpha value is -4.48. The number of fused-ring (bicyclic) bond motifs is 5. The van der Waals surface area contributed by atoms with Gasteiger partial charge >= 0.3 is 30.0 Å². The number of rotatable bonds is 44. The number of esters is 4. The van der Waals surface area contributed by atoms with E-state index < -0.39 is 30.1 Å². The summed E-state index contributed by atoms with van der Waals surface area (Å²) in [6, 6.07) is 3.67. The van der Waals surface area contributed by atoms with Gasteiger partial charge in [0.15, 0.2) is 6.10 Å². The normalized spacial score (nSPS) is 23.5. The predicted molar refractivity (Wildman–Crippen MR) is 352 cm³/mol. The quantitative estimate of drug-likeness (QED) is 0.0200. The second-order valence-corrected chi connectivity index (χ2v) is 28.2. The number of aryl methyl sites for hydroxylation is 2. The molecule has 12 heteroatoms. The van der Waals surface area contributed by atoms with Crippen molar-refractivity contribution in [2.45, 2.75) is 325 Å². The zero-order valence-corrected chi connectivity index (χ0v) is 56.7. The molecule has 0 heterocycles. The van der Waals surface area contributed by atoms with Crippen molar-refractivity contribution in [3.05, 3.63) is 53.1 Å². The van der Waals surface area contributed by atoms with E-state index in [0.717, 1.165) is 121 Å². The Kier molecular flexibility index (Phi) is 34.7. The highest BCUT2D eigenvalue weighted by Gasteiger charge is 2.61. The largest absolute Gasteiger partial charge is 0.508 e. The monoisotopic (exact) mass is 1230 g/mol. The fourth-order valence-corrected chi connectivity index (χ4v) is 15.9. The van der Waals surface area contributed by atoms with E-state index >= 15 is 0 Å². The number of ketones is 1. The summed E-state index contributed by atoms with van der Waals surface area (Å²) in [4.78, 5) is 78.3. The van der Waals surface area contributed by atoms with Crippen molar-refractivity contribution in [3.63, 3.8) is 0 Å². The molecule has 0 aromatic heterocycles. The molecule has 1 aromatic carbocycles. The Bertz CT molecular complexity index is 2220. The van der Waals surface area contributed by atoms with Crippen LogP contribution in [0.1, 0.15) is 309 Å². The molecule has 0 radical (unpaired) electrons. The van der Waals surface area contributed by atoms with Crippen molar-refractivity contribution in [2.24, 2.45) is 46.3 Å². The molecule has 0 saturated heterocycles. The Morgan fingerprint density at radius 3 is 1.55 bits per heavy atom. The van der Waals surface area contributed by atoms with Crippen LogP contribution in [-0.2, 0) is 54.3 Å². The number of unbranched alkanes of at least 4 members (excludes halogenated alkanes) is 22. The van der Waals surface area contributed by atoms with E-state index in [1.54, 1.807) is 13.8 Å².